The molecule has 0 aliphatic carbocycles. The van der Waals surface area contributed by atoms with Crippen LogP contribution in [-0.2, 0) is 0 Å². The highest BCUT2D eigenvalue weighted by molar-refractivity contribution is 7.99. The lowest BCUT2D eigenvalue weighted by molar-refractivity contribution is 0.112. The molecule has 0 bridgehead atoms. The Kier molecular flexibility index (Phi) is 6.25. The number of fused-ring (bicyclic) bond motifs is 2. The zero-order valence-electron chi connectivity index (χ0n) is 15.5. The maximum atomic E-state index is 9.08. The molecule has 27 heavy (non-hydrogen) atoms. The van der Waals surface area contributed by atoms with Crippen molar-refractivity contribution in [1.29, 1.82) is 0 Å². The van der Waals surface area contributed by atoms with E-state index in [1.54, 1.807) is 11.8 Å². The smallest absolute Gasteiger partial charge is 0.0558 e. The van der Waals surface area contributed by atoms with Gasteiger partial charge >= 0.3 is 0 Å². The largest absolute Gasteiger partial charge is 0.395 e. The third-order valence-electron chi connectivity index (χ3n) is 5.33. The first-order chi connectivity index (χ1) is 13.2. The van der Waals surface area contributed by atoms with Gasteiger partial charge in [0.1, 0.15) is 0 Å². The molecule has 2 aliphatic heterocycles. The normalized spacial score (nSPS) is 17.6. The zero-order chi connectivity index (χ0) is 18.6. The number of rotatable bonds is 6. The molecule has 1 N–H and O–H groups in total. The monoisotopic (exact) mass is 403 g/mol. The molecule has 0 saturated carbocycles. The van der Waals surface area contributed by atoms with E-state index in [0.717, 1.165) is 57.3 Å². The van der Waals surface area contributed by atoms with E-state index in [2.05, 4.69) is 51.1 Å². The topological polar surface area (TPSA) is 30.0 Å². The third-order valence-corrected chi connectivity index (χ3v) is 6.67. The van der Waals surface area contributed by atoms with E-state index < -0.39 is 0 Å². The Morgan fingerprint density at radius 1 is 0.852 bits per heavy atom. The molecular weight excluding hydrogens is 378 g/mol. The number of anilines is 2. The van der Waals surface area contributed by atoms with E-state index in [9.17, 15) is 0 Å². The predicted molar refractivity (Wildman–Crippen MR) is 114 cm³/mol. The van der Waals surface area contributed by atoms with Gasteiger partial charge in [0.25, 0.3) is 0 Å². The second kappa shape index (κ2) is 8.84. The van der Waals surface area contributed by atoms with E-state index in [0.29, 0.717) is 0 Å². The first kappa shape index (κ1) is 19.1. The number of halogens is 1. The van der Waals surface area contributed by atoms with E-state index in [1.807, 2.05) is 6.07 Å². The van der Waals surface area contributed by atoms with Crippen molar-refractivity contribution in [2.24, 2.45) is 0 Å². The van der Waals surface area contributed by atoms with Crippen LogP contribution in [0, 0.1) is 0 Å². The number of para-hydroxylation sites is 1. The highest BCUT2D eigenvalue weighted by Crippen LogP contribution is 2.48. The Hall–Kier alpha value is -1.24. The molecule has 4 nitrogen and oxygen atoms in total. The summed E-state index contributed by atoms with van der Waals surface area (Å²) in [5.74, 6) is 0. The summed E-state index contributed by atoms with van der Waals surface area (Å²) in [4.78, 5) is 9.86. The van der Waals surface area contributed by atoms with Crippen molar-refractivity contribution in [1.82, 2.24) is 9.80 Å². The van der Waals surface area contributed by atoms with Gasteiger partial charge in [0.05, 0.1) is 18.0 Å². The molecule has 0 spiro atoms. The Balaban J connectivity index is 1.40. The van der Waals surface area contributed by atoms with Gasteiger partial charge in [0, 0.05) is 54.1 Å². The molecule has 2 aliphatic rings. The van der Waals surface area contributed by atoms with Crippen molar-refractivity contribution in [3.05, 3.63) is 47.5 Å². The molecule has 1 saturated heterocycles. The minimum atomic E-state index is 0.260. The standard InChI is InChI=1S/C21H26ClN3OS/c22-17-6-7-19-21(16-17)27-20-5-2-1-4-18(20)25(19)9-3-8-23-10-12-24(13-11-23)14-15-26/h1-2,4-7,16,26H,3,8-15H2. The lowest BCUT2D eigenvalue weighted by atomic mass is 10.2. The molecule has 6 heteroatoms. The molecule has 2 aromatic rings. The van der Waals surface area contributed by atoms with Gasteiger partial charge in [-0.3, -0.25) is 4.90 Å². The van der Waals surface area contributed by atoms with Crippen LogP contribution in [0.25, 0.3) is 0 Å². The Labute approximate surface area is 170 Å². The summed E-state index contributed by atoms with van der Waals surface area (Å²) in [6.45, 7) is 7.49. The van der Waals surface area contributed by atoms with E-state index in [-0.39, 0.29) is 6.61 Å². The average Bonchev–Trinajstić information content (AvgIpc) is 2.69. The summed E-state index contributed by atoms with van der Waals surface area (Å²) in [6.07, 6.45) is 1.13. The van der Waals surface area contributed by atoms with Crippen LogP contribution in [0.3, 0.4) is 0 Å². The first-order valence-corrected chi connectivity index (χ1v) is 10.8. The average molecular weight is 404 g/mol. The maximum absolute atomic E-state index is 9.08. The van der Waals surface area contributed by atoms with Crippen molar-refractivity contribution in [3.63, 3.8) is 0 Å². The number of aliphatic hydroxyl groups is 1. The van der Waals surface area contributed by atoms with Crippen molar-refractivity contribution >= 4 is 34.7 Å². The van der Waals surface area contributed by atoms with Gasteiger partial charge < -0.3 is 14.9 Å². The number of nitrogens with zero attached hydrogens (tertiary/aromatic N) is 3. The molecule has 1 fully saturated rings. The second-order valence-electron chi connectivity index (χ2n) is 7.09. The molecule has 0 aromatic heterocycles. The van der Waals surface area contributed by atoms with Gasteiger partial charge in [-0.1, -0.05) is 35.5 Å². The zero-order valence-corrected chi connectivity index (χ0v) is 17.1. The molecule has 2 aromatic carbocycles. The number of benzene rings is 2. The predicted octanol–water partition coefficient (Wildman–Crippen LogP) is 3.94. The van der Waals surface area contributed by atoms with Gasteiger partial charge in [-0.15, -0.1) is 0 Å². The van der Waals surface area contributed by atoms with Crippen LogP contribution < -0.4 is 4.90 Å². The summed E-state index contributed by atoms with van der Waals surface area (Å²) in [6, 6.07) is 14.8. The van der Waals surface area contributed by atoms with E-state index >= 15 is 0 Å². The van der Waals surface area contributed by atoms with Crippen LogP contribution in [0.2, 0.25) is 5.02 Å². The highest BCUT2D eigenvalue weighted by Gasteiger charge is 2.23. The van der Waals surface area contributed by atoms with Crippen molar-refractivity contribution < 1.29 is 5.11 Å². The van der Waals surface area contributed by atoms with Gasteiger partial charge in [0.2, 0.25) is 0 Å². The SMILES string of the molecule is OCCN1CCN(CCCN2c3ccccc3Sc3cc(Cl)ccc32)CC1. The molecule has 0 unspecified atom stereocenters. The van der Waals surface area contributed by atoms with Crippen LogP contribution in [0.1, 0.15) is 6.42 Å². The van der Waals surface area contributed by atoms with Gasteiger partial charge in [-0.2, -0.15) is 0 Å². The van der Waals surface area contributed by atoms with E-state index in [4.69, 9.17) is 16.7 Å². The van der Waals surface area contributed by atoms with Gasteiger partial charge in [-0.05, 0) is 43.3 Å². The lowest BCUT2D eigenvalue weighted by Crippen LogP contribution is -2.47. The quantitative estimate of drug-likeness (QED) is 0.789. The summed E-state index contributed by atoms with van der Waals surface area (Å²) in [7, 11) is 0. The van der Waals surface area contributed by atoms with Crippen LogP contribution in [-0.4, -0.2) is 67.3 Å². The third kappa shape index (κ3) is 4.44. The van der Waals surface area contributed by atoms with Crippen molar-refractivity contribution in [3.8, 4) is 0 Å². The second-order valence-corrected chi connectivity index (χ2v) is 8.61. The number of piperazine rings is 1. The summed E-state index contributed by atoms with van der Waals surface area (Å²) in [5, 5.41) is 9.87. The number of hydrogen-bond acceptors (Lipinski definition) is 5. The molecule has 0 radical (unpaired) electrons. The fourth-order valence-electron chi connectivity index (χ4n) is 3.88. The van der Waals surface area contributed by atoms with Gasteiger partial charge in [-0.25, -0.2) is 0 Å². The number of hydrogen-bond donors (Lipinski definition) is 1. The highest BCUT2D eigenvalue weighted by atomic mass is 35.5. The molecule has 4 rings (SSSR count). The summed E-state index contributed by atoms with van der Waals surface area (Å²) in [5.41, 5.74) is 2.56. The number of aliphatic hydroxyl groups excluding tert-OH is 1. The van der Waals surface area contributed by atoms with Crippen LogP contribution >= 0.6 is 23.4 Å². The summed E-state index contributed by atoms with van der Waals surface area (Å²) >= 11 is 8.04. The minimum absolute atomic E-state index is 0.260. The number of β-amino-alcohol motifs (C(OH)–C–C–N with tert-alkyl or cyclic N) is 1. The molecular formula is C21H26ClN3OS. The molecule has 0 amide bonds. The minimum Gasteiger partial charge on any atom is -0.395 e. The first-order valence-electron chi connectivity index (χ1n) is 9.64. The molecule has 2 heterocycles. The molecule has 0 atom stereocenters. The lowest BCUT2D eigenvalue weighted by Gasteiger charge is -2.36. The fourth-order valence-corrected chi connectivity index (χ4v) is 5.25. The summed E-state index contributed by atoms with van der Waals surface area (Å²) < 4.78 is 0. The Morgan fingerprint density at radius 2 is 1.56 bits per heavy atom. The van der Waals surface area contributed by atoms with Crippen molar-refractivity contribution in [2.75, 3.05) is 57.3 Å². The fraction of sp³-hybridized carbons (Fsp3) is 0.429. The Bertz CT molecular complexity index is 780. The van der Waals surface area contributed by atoms with Crippen LogP contribution in [0.5, 0.6) is 0 Å². The Morgan fingerprint density at radius 3 is 2.33 bits per heavy atom. The van der Waals surface area contributed by atoms with E-state index in [1.165, 1.54) is 21.2 Å². The maximum Gasteiger partial charge on any atom is 0.0558 e. The van der Waals surface area contributed by atoms with Crippen molar-refractivity contribution in [2.45, 2.75) is 16.2 Å². The van der Waals surface area contributed by atoms with Crippen LogP contribution in [0.15, 0.2) is 52.3 Å². The van der Waals surface area contributed by atoms with Gasteiger partial charge in [0.15, 0.2) is 0 Å². The van der Waals surface area contributed by atoms with Crippen LogP contribution in [0.4, 0.5) is 11.4 Å². The molecule has 144 valence electrons.